The Kier molecular flexibility index (Phi) is 3.79. The Hall–Kier alpha value is -2.06. The predicted octanol–water partition coefficient (Wildman–Crippen LogP) is 0.675. The number of rotatable bonds is 3. The first-order valence-electron chi connectivity index (χ1n) is 6.31. The molecule has 1 fully saturated rings. The first kappa shape index (κ1) is 14.9. The second kappa shape index (κ2) is 5.62. The summed E-state index contributed by atoms with van der Waals surface area (Å²) in [5.74, 6) is -0.505. The highest BCUT2D eigenvalue weighted by molar-refractivity contribution is 8.26. The standard InChI is InChI=1S/C14H11NO5S2/c1-7-2-9-10(20-6-19-9)3-8(7)4-11-13(18)15(5-12(16)17)14(21)22-11/h2-4H,5-6H2,1H3,(H,16,17)/p-1/b11-4+. The fourth-order valence-electron chi connectivity index (χ4n) is 2.12. The number of ether oxygens (including phenoxy) is 2. The van der Waals surface area contributed by atoms with E-state index in [1.54, 1.807) is 12.1 Å². The van der Waals surface area contributed by atoms with Crippen molar-refractivity contribution < 1.29 is 24.2 Å². The fourth-order valence-corrected chi connectivity index (χ4v) is 3.37. The Labute approximate surface area is 135 Å². The SMILES string of the molecule is Cc1cc2c(cc1/C=C1/SC(=S)N(CC(=O)[O-])C1=O)OCO2. The van der Waals surface area contributed by atoms with Gasteiger partial charge in [0.15, 0.2) is 11.5 Å². The van der Waals surface area contributed by atoms with Gasteiger partial charge < -0.3 is 19.4 Å². The van der Waals surface area contributed by atoms with Gasteiger partial charge in [-0.05, 0) is 36.3 Å². The number of hydrogen-bond acceptors (Lipinski definition) is 7. The van der Waals surface area contributed by atoms with Crippen LogP contribution in [-0.2, 0) is 9.59 Å². The summed E-state index contributed by atoms with van der Waals surface area (Å²) in [7, 11) is 0. The summed E-state index contributed by atoms with van der Waals surface area (Å²) < 4.78 is 10.8. The molecular weight excluding hydrogens is 326 g/mol. The van der Waals surface area contributed by atoms with Crippen LogP contribution in [0.2, 0.25) is 0 Å². The van der Waals surface area contributed by atoms with Crippen LogP contribution in [0.1, 0.15) is 11.1 Å². The lowest BCUT2D eigenvalue weighted by molar-refractivity contribution is -0.305. The third kappa shape index (κ3) is 2.67. The lowest BCUT2D eigenvalue weighted by Crippen LogP contribution is -2.40. The van der Waals surface area contributed by atoms with Crippen molar-refractivity contribution in [3.05, 3.63) is 28.2 Å². The molecule has 0 atom stereocenters. The van der Waals surface area contributed by atoms with Gasteiger partial charge in [-0.25, -0.2) is 0 Å². The van der Waals surface area contributed by atoms with Crippen LogP contribution in [0, 0.1) is 6.92 Å². The zero-order chi connectivity index (χ0) is 15.9. The van der Waals surface area contributed by atoms with E-state index in [2.05, 4.69) is 0 Å². The van der Waals surface area contributed by atoms with Gasteiger partial charge in [0.25, 0.3) is 5.91 Å². The second-order valence-corrected chi connectivity index (χ2v) is 6.38. The molecule has 6 nitrogen and oxygen atoms in total. The van der Waals surface area contributed by atoms with Gasteiger partial charge in [0.1, 0.15) is 4.32 Å². The zero-order valence-electron chi connectivity index (χ0n) is 11.5. The summed E-state index contributed by atoms with van der Waals surface area (Å²) >= 11 is 6.10. The van der Waals surface area contributed by atoms with Gasteiger partial charge in [-0.3, -0.25) is 9.69 Å². The van der Waals surface area contributed by atoms with Crippen LogP contribution >= 0.6 is 24.0 Å². The smallest absolute Gasteiger partial charge is 0.266 e. The highest BCUT2D eigenvalue weighted by Gasteiger charge is 2.32. The average Bonchev–Trinajstić information content (AvgIpc) is 2.99. The molecule has 8 heteroatoms. The Bertz CT molecular complexity index is 728. The van der Waals surface area contributed by atoms with Gasteiger partial charge in [-0.1, -0.05) is 24.0 Å². The van der Waals surface area contributed by atoms with Gasteiger partial charge in [0, 0.05) is 0 Å². The maximum atomic E-state index is 12.2. The van der Waals surface area contributed by atoms with E-state index in [0.717, 1.165) is 27.8 Å². The zero-order valence-corrected chi connectivity index (χ0v) is 13.1. The maximum absolute atomic E-state index is 12.2. The Morgan fingerprint density at radius 3 is 2.82 bits per heavy atom. The first-order valence-corrected chi connectivity index (χ1v) is 7.53. The number of hydrogen-bond donors (Lipinski definition) is 0. The number of aliphatic carboxylic acids is 1. The summed E-state index contributed by atoms with van der Waals surface area (Å²) in [5.41, 5.74) is 1.70. The van der Waals surface area contributed by atoms with Crippen LogP contribution < -0.4 is 14.6 Å². The number of carboxylic acid groups (broad SMARTS) is 1. The molecule has 1 saturated heterocycles. The largest absolute Gasteiger partial charge is 0.548 e. The number of thiocarbonyl (C=S) groups is 1. The Morgan fingerprint density at radius 2 is 2.14 bits per heavy atom. The number of benzene rings is 1. The van der Waals surface area contributed by atoms with Gasteiger partial charge >= 0.3 is 0 Å². The molecule has 0 N–H and O–H groups in total. The van der Waals surface area contributed by atoms with Crippen molar-refractivity contribution in [3.63, 3.8) is 0 Å². The molecule has 0 aromatic heterocycles. The van der Waals surface area contributed by atoms with Crippen molar-refractivity contribution in [2.24, 2.45) is 0 Å². The molecule has 2 aliphatic heterocycles. The van der Waals surface area contributed by atoms with Gasteiger partial charge in [0.2, 0.25) is 6.79 Å². The molecule has 3 rings (SSSR count). The quantitative estimate of drug-likeness (QED) is 0.593. The number of nitrogens with zero attached hydrogens (tertiary/aromatic N) is 1. The molecule has 0 bridgehead atoms. The Balaban J connectivity index is 1.91. The molecule has 22 heavy (non-hydrogen) atoms. The van der Waals surface area contributed by atoms with E-state index < -0.39 is 18.4 Å². The molecule has 0 spiro atoms. The van der Waals surface area contributed by atoms with E-state index in [1.165, 1.54) is 0 Å². The van der Waals surface area contributed by atoms with Gasteiger partial charge in [0.05, 0.1) is 17.4 Å². The molecule has 1 amide bonds. The first-order chi connectivity index (χ1) is 10.5. The third-order valence-electron chi connectivity index (χ3n) is 3.21. The topological polar surface area (TPSA) is 78.9 Å². The number of carboxylic acids is 1. The number of thioether (sulfide) groups is 1. The van der Waals surface area contributed by atoms with E-state index in [1.807, 2.05) is 13.0 Å². The Morgan fingerprint density at radius 1 is 1.45 bits per heavy atom. The minimum Gasteiger partial charge on any atom is -0.548 e. The molecule has 0 saturated carbocycles. The number of aryl methyl sites for hydroxylation is 1. The molecule has 2 aliphatic rings. The van der Waals surface area contributed by atoms with Crippen LogP contribution in [0.4, 0.5) is 0 Å². The molecular formula is C14H10NO5S2-. The van der Waals surface area contributed by atoms with Crippen LogP contribution in [0.5, 0.6) is 11.5 Å². The predicted molar refractivity (Wildman–Crippen MR) is 82.2 cm³/mol. The minimum absolute atomic E-state index is 0.173. The summed E-state index contributed by atoms with van der Waals surface area (Å²) in [6.07, 6.45) is 1.67. The van der Waals surface area contributed by atoms with Crippen molar-refractivity contribution >= 4 is 46.3 Å². The molecule has 0 unspecified atom stereocenters. The lowest BCUT2D eigenvalue weighted by atomic mass is 10.1. The van der Waals surface area contributed by atoms with Crippen LogP contribution in [-0.4, -0.2) is 34.4 Å². The third-order valence-corrected chi connectivity index (χ3v) is 4.59. The number of amides is 1. The average molecular weight is 336 g/mol. The van der Waals surface area contributed by atoms with Crippen molar-refractivity contribution in [2.75, 3.05) is 13.3 Å². The molecule has 2 heterocycles. The van der Waals surface area contributed by atoms with Crippen molar-refractivity contribution in [2.45, 2.75) is 6.92 Å². The monoisotopic (exact) mass is 336 g/mol. The fraction of sp³-hybridized carbons (Fsp3) is 0.214. The second-order valence-electron chi connectivity index (χ2n) is 4.70. The molecule has 1 aromatic rings. The lowest BCUT2D eigenvalue weighted by Gasteiger charge is -2.14. The molecule has 0 radical (unpaired) electrons. The van der Waals surface area contributed by atoms with Crippen LogP contribution in [0.25, 0.3) is 6.08 Å². The molecule has 114 valence electrons. The van der Waals surface area contributed by atoms with Gasteiger partial charge in [-0.15, -0.1) is 0 Å². The summed E-state index contributed by atoms with van der Waals surface area (Å²) in [4.78, 5) is 24.3. The van der Waals surface area contributed by atoms with E-state index in [4.69, 9.17) is 21.7 Å². The highest BCUT2D eigenvalue weighted by Crippen LogP contribution is 2.37. The van der Waals surface area contributed by atoms with Crippen LogP contribution in [0.15, 0.2) is 17.0 Å². The number of carbonyl (C=O) groups is 2. The maximum Gasteiger partial charge on any atom is 0.266 e. The van der Waals surface area contributed by atoms with Crippen molar-refractivity contribution in [1.29, 1.82) is 0 Å². The summed E-state index contributed by atoms with van der Waals surface area (Å²) in [5, 5.41) is 10.7. The van der Waals surface area contributed by atoms with Crippen molar-refractivity contribution in [3.8, 4) is 11.5 Å². The number of fused-ring (bicyclic) bond motifs is 1. The van der Waals surface area contributed by atoms with Crippen LogP contribution in [0.3, 0.4) is 0 Å². The van der Waals surface area contributed by atoms with E-state index in [9.17, 15) is 14.7 Å². The van der Waals surface area contributed by atoms with Gasteiger partial charge in [-0.2, -0.15) is 0 Å². The highest BCUT2D eigenvalue weighted by atomic mass is 32.2. The van der Waals surface area contributed by atoms with Crippen molar-refractivity contribution in [1.82, 2.24) is 4.90 Å². The molecule has 0 aliphatic carbocycles. The van der Waals surface area contributed by atoms with E-state index in [0.29, 0.717) is 16.4 Å². The minimum atomic E-state index is -1.35. The summed E-state index contributed by atoms with van der Waals surface area (Å²) in [6, 6.07) is 3.61. The summed E-state index contributed by atoms with van der Waals surface area (Å²) in [6.45, 7) is 1.52. The van der Waals surface area contributed by atoms with E-state index >= 15 is 0 Å². The molecule has 1 aromatic carbocycles. The number of carbonyl (C=O) groups excluding carboxylic acids is 2. The van der Waals surface area contributed by atoms with E-state index in [-0.39, 0.29) is 11.1 Å². The normalized spacial score (nSPS) is 18.4.